The Bertz CT molecular complexity index is 194. The molecule has 0 amide bonds. The van der Waals surface area contributed by atoms with Crippen molar-refractivity contribution in [2.45, 2.75) is 50.9 Å². The van der Waals surface area contributed by atoms with Gasteiger partial charge in [-0.25, -0.2) is 0 Å². The quantitative estimate of drug-likeness (QED) is 0.800. The Morgan fingerprint density at radius 2 is 2.06 bits per heavy atom. The largest absolute Gasteiger partial charge is 0.309 e. The number of hydrogen-bond acceptors (Lipinski definition) is 3. The average Bonchev–Trinajstić information content (AvgIpc) is 2.19. The predicted octanol–water partition coefficient (Wildman–Crippen LogP) is 2.45. The Kier molecular flexibility index (Phi) is 6.16. The van der Waals surface area contributed by atoms with E-state index in [2.05, 4.69) is 56.8 Å². The van der Waals surface area contributed by atoms with E-state index >= 15 is 0 Å². The lowest BCUT2D eigenvalue weighted by atomic mass is 10.00. The summed E-state index contributed by atoms with van der Waals surface area (Å²) < 4.78 is 0. The van der Waals surface area contributed by atoms with Crippen LogP contribution in [0.5, 0.6) is 0 Å². The Balaban J connectivity index is 2.46. The van der Waals surface area contributed by atoms with Gasteiger partial charge in [0.1, 0.15) is 0 Å². The van der Waals surface area contributed by atoms with Gasteiger partial charge in [0.25, 0.3) is 0 Å². The fraction of sp³-hybridized carbons (Fsp3) is 1.00. The molecule has 1 rings (SSSR count). The van der Waals surface area contributed by atoms with E-state index in [1.54, 1.807) is 0 Å². The zero-order chi connectivity index (χ0) is 12.1. The van der Waals surface area contributed by atoms with Gasteiger partial charge in [0.2, 0.25) is 0 Å². The van der Waals surface area contributed by atoms with E-state index in [4.69, 9.17) is 0 Å². The lowest BCUT2D eigenvalue weighted by Crippen LogP contribution is -2.50. The minimum atomic E-state index is 0.626. The predicted molar refractivity (Wildman–Crippen MR) is 75.3 cm³/mol. The third-order valence-electron chi connectivity index (χ3n) is 3.40. The molecule has 2 nitrogen and oxygen atoms in total. The van der Waals surface area contributed by atoms with Crippen LogP contribution in [0.25, 0.3) is 0 Å². The third-order valence-corrected chi connectivity index (χ3v) is 4.78. The lowest BCUT2D eigenvalue weighted by molar-refractivity contribution is 0.261. The van der Waals surface area contributed by atoms with Crippen molar-refractivity contribution in [1.82, 2.24) is 10.2 Å². The number of likely N-dealkylation sites (N-methyl/N-ethyl adjacent to an activating group) is 1. The molecule has 96 valence electrons. The summed E-state index contributed by atoms with van der Waals surface area (Å²) in [7, 11) is 4.33. The molecular weight excluding hydrogens is 216 g/mol. The zero-order valence-corrected chi connectivity index (χ0v) is 12.3. The van der Waals surface area contributed by atoms with Crippen molar-refractivity contribution < 1.29 is 0 Å². The molecular formula is C13H28N2S. The standard InChI is InChI=1S/C13H28N2S/c1-10(2)13(9-15(4)5)14-12-7-6-8-16-11(12)3/h10-14H,6-9H2,1-5H3. The SMILES string of the molecule is CC(C)C(CN(C)C)NC1CCCSC1C. The summed E-state index contributed by atoms with van der Waals surface area (Å²) >= 11 is 2.12. The fourth-order valence-corrected chi connectivity index (χ4v) is 3.42. The molecule has 0 bridgehead atoms. The summed E-state index contributed by atoms with van der Waals surface area (Å²) in [5.41, 5.74) is 0. The molecule has 0 spiro atoms. The van der Waals surface area contributed by atoms with Crippen molar-refractivity contribution >= 4 is 11.8 Å². The first-order valence-corrected chi connectivity index (χ1v) is 7.58. The topological polar surface area (TPSA) is 15.3 Å². The van der Waals surface area contributed by atoms with Gasteiger partial charge in [-0.3, -0.25) is 0 Å². The molecule has 3 unspecified atom stereocenters. The van der Waals surface area contributed by atoms with Crippen LogP contribution in [0, 0.1) is 5.92 Å². The molecule has 3 atom stereocenters. The number of nitrogens with one attached hydrogen (secondary N) is 1. The summed E-state index contributed by atoms with van der Waals surface area (Å²) in [5.74, 6) is 2.06. The molecule has 16 heavy (non-hydrogen) atoms. The molecule has 0 aromatic rings. The molecule has 0 aliphatic carbocycles. The van der Waals surface area contributed by atoms with E-state index in [0.29, 0.717) is 18.0 Å². The summed E-state index contributed by atoms with van der Waals surface area (Å²) in [6, 6.07) is 1.34. The van der Waals surface area contributed by atoms with Crippen molar-refractivity contribution in [2.75, 3.05) is 26.4 Å². The second-order valence-electron chi connectivity index (χ2n) is 5.60. The highest BCUT2D eigenvalue weighted by atomic mass is 32.2. The lowest BCUT2D eigenvalue weighted by Gasteiger charge is -2.35. The van der Waals surface area contributed by atoms with Crippen LogP contribution < -0.4 is 5.32 Å². The van der Waals surface area contributed by atoms with Crippen LogP contribution in [0.4, 0.5) is 0 Å². The minimum absolute atomic E-state index is 0.626. The summed E-state index contributed by atoms with van der Waals surface area (Å²) in [6.07, 6.45) is 2.73. The maximum Gasteiger partial charge on any atom is 0.0220 e. The van der Waals surface area contributed by atoms with Gasteiger partial charge < -0.3 is 10.2 Å². The molecule has 1 fully saturated rings. The fourth-order valence-electron chi connectivity index (χ4n) is 2.27. The molecule has 3 heteroatoms. The second-order valence-corrected chi connectivity index (χ2v) is 7.09. The molecule has 1 aliphatic heterocycles. The molecule has 1 saturated heterocycles. The summed E-state index contributed by atoms with van der Waals surface area (Å²) in [5, 5.41) is 4.65. The normalized spacial score (nSPS) is 28.7. The van der Waals surface area contributed by atoms with Gasteiger partial charge in [0.05, 0.1) is 0 Å². The minimum Gasteiger partial charge on any atom is -0.309 e. The first-order chi connectivity index (χ1) is 7.50. The molecule has 1 heterocycles. The van der Waals surface area contributed by atoms with Crippen molar-refractivity contribution in [3.63, 3.8) is 0 Å². The van der Waals surface area contributed by atoms with Crippen LogP contribution in [0.2, 0.25) is 0 Å². The molecule has 0 aromatic heterocycles. The van der Waals surface area contributed by atoms with Gasteiger partial charge in [-0.15, -0.1) is 0 Å². The number of nitrogens with zero attached hydrogens (tertiary/aromatic N) is 1. The number of thioether (sulfide) groups is 1. The van der Waals surface area contributed by atoms with Crippen LogP contribution in [-0.2, 0) is 0 Å². The second kappa shape index (κ2) is 6.87. The van der Waals surface area contributed by atoms with Crippen molar-refractivity contribution in [3.8, 4) is 0 Å². The molecule has 0 saturated carbocycles. The molecule has 1 N–H and O–H groups in total. The van der Waals surface area contributed by atoms with Gasteiger partial charge in [-0.05, 0) is 38.6 Å². The van der Waals surface area contributed by atoms with E-state index in [1.165, 1.54) is 18.6 Å². The van der Waals surface area contributed by atoms with Gasteiger partial charge in [-0.1, -0.05) is 20.8 Å². The van der Waals surface area contributed by atoms with Crippen LogP contribution in [-0.4, -0.2) is 48.6 Å². The maximum absolute atomic E-state index is 3.87. The van der Waals surface area contributed by atoms with Crippen molar-refractivity contribution in [2.24, 2.45) is 5.92 Å². The Labute approximate surface area is 106 Å². The van der Waals surface area contributed by atoms with Crippen LogP contribution in [0.3, 0.4) is 0 Å². The highest BCUT2D eigenvalue weighted by Crippen LogP contribution is 2.25. The van der Waals surface area contributed by atoms with Gasteiger partial charge in [0, 0.05) is 23.9 Å². The van der Waals surface area contributed by atoms with Crippen LogP contribution in [0.15, 0.2) is 0 Å². The van der Waals surface area contributed by atoms with Crippen LogP contribution >= 0.6 is 11.8 Å². The van der Waals surface area contributed by atoms with E-state index in [1.807, 2.05) is 0 Å². The Morgan fingerprint density at radius 1 is 1.38 bits per heavy atom. The van der Waals surface area contributed by atoms with Gasteiger partial charge >= 0.3 is 0 Å². The maximum atomic E-state index is 3.87. The van der Waals surface area contributed by atoms with E-state index < -0.39 is 0 Å². The average molecular weight is 244 g/mol. The smallest absolute Gasteiger partial charge is 0.0220 e. The highest BCUT2D eigenvalue weighted by Gasteiger charge is 2.25. The van der Waals surface area contributed by atoms with E-state index in [-0.39, 0.29) is 0 Å². The van der Waals surface area contributed by atoms with Crippen molar-refractivity contribution in [1.29, 1.82) is 0 Å². The zero-order valence-electron chi connectivity index (χ0n) is 11.5. The van der Waals surface area contributed by atoms with E-state index in [9.17, 15) is 0 Å². The highest BCUT2D eigenvalue weighted by molar-refractivity contribution is 7.99. The van der Waals surface area contributed by atoms with Gasteiger partial charge in [0.15, 0.2) is 0 Å². The third kappa shape index (κ3) is 4.64. The molecule has 1 aliphatic rings. The Morgan fingerprint density at radius 3 is 2.56 bits per heavy atom. The monoisotopic (exact) mass is 244 g/mol. The number of rotatable bonds is 5. The molecule has 0 radical (unpaired) electrons. The first kappa shape index (κ1) is 14.3. The van der Waals surface area contributed by atoms with Gasteiger partial charge in [-0.2, -0.15) is 11.8 Å². The summed E-state index contributed by atoms with van der Waals surface area (Å²) in [6.45, 7) is 8.16. The van der Waals surface area contributed by atoms with E-state index in [0.717, 1.165) is 11.8 Å². The number of hydrogen-bond donors (Lipinski definition) is 1. The Hall–Kier alpha value is 0.270. The molecule has 0 aromatic carbocycles. The van der Waals surface area contributed by atoms with Crippen LogP contribution in [0.1, 0.15) is 33.6 Å². The first-order valence-electron chi connectivity index (χ1n) is 6.53. The summed E-state index contributed by atoms with van der Waals surface area (Å²) in [4.78, 5) is 2.29. The van der Waals surface area contributed by atoms with Crippen molar-refractivity contribution in [3.05, 3.63) is 0 Å².